The molecular formula is C20H21N. The van der Waals surface area contributed by atoms with Gasteiger partial charge in [-0.25, -0.2) is 0 Å². The predicted molar refractivity (Wildman–Crippen MR) is 89.8 cm³/mol. The summed E-state index contributed by atoms with van der Waals surface area (Å²) in [6.45, 7) is 12.6. The zero-order valence-corrected chi connectivity index (χ0v) is 12.5. The lowest BCUT2D eigenvalue weighted by molar-refractivity contribution is 0.221. The van der Waals surface area contributed by atoms with Crippen molar-refractivity contribution in [2.75, 3.05) is 0 Å². The topological polar surface area (TPSA) is 3.24 Å². The van der Waals surface area contributed by atoms with Crippen LogP contribution in [0.25, 0.3) is 5.57 Å². The third-order valence-corrected chi connectivity index (χ3v) is 4.38. The number of nitrogens with zero attached hydrogens (tertiary/aromatic N) is 1. The van der Waals surface area contributed by atoms with Crippen molar-refractivity contribution in [3.05, 3.63) is 90.0 Å². The van der Waals surface area contributed by atoms with Crippen molar-refractivity contribution in [2.24, 2.45) is 0 Å². The fourth-order valence-corrected chi connectivity index (χ4v) is 2.96. The zero-order valence-electron chi connectivity index (χ0n) is 12.5. The molecule has 1 nitrogen and oxygen atoms in total. The van der Waals surface area contributed by atoms with Crippen molar-refractivity contribution < 1.29 is 0 Å². The van der Waals surface area contributed by atoms with Gasteiger partial charge < -0.3 is 0 Å². The van der Waals surface area contributed by atoms with Crippen LogP contribution in [0.1, 0.15) is 23.6 Å². The second kappa shape index (κ2) is 5.71. The molecule has 0 spiro atoms. The van der Waals surface area contributed by atoms with Gasteiger partial charge in [0, 0.05) is 19.1 Å². The van der Waals surface area contributed by atoms with Crippen LogP contribution in [0.2, 0.25) is 0 Å². The molecule has 2 aromatic rings. The molecule has 2 aromatic carbocycles. The lowest BCUT2D eigenvalue weighted by atomic mass is 9.95. The highest BCUT2D eigenvalue weighted by molar-refractivity contribution is 5.80. The maximum Gasteiger partial charge on any atom is 0.0327 e. The van der Waals surface area contributed by atoms with Crippen LogP contribution in [0.15, 0.2) is 73.3 Å². The Balaban J connectivity index is 1.95. The number of hydrogen-bond donors (Lipinski definition) is 0. The predicted octanol–water partition coefficient (Wildman–Crippen LogP) is 4.66. The van der Waals surface area contributed by atoms with Crippen LogP contribution in [-0.2, 0) is 13.1 Å². The van der Waals surface area contributed by atoms with Crippen molar-refractivity contribution in [3.63, 3.8) is 0 Å². The molecule has 1 atom stereocenters. The Morgan fingerprint density at radius 3 is 2.43 bits per heavy atom. The monoisotopic (exact) mass is 275 g/mol. The first-order chi connectivity index (χ1) is 10.2. The molecule has 0 bridgehead atoms. The molecule has 1 aliphatic heterocycles. The van der Waals surface area contributed by atoms with Gasteiger partial charge in [0.25, 0.3) is 0 Å². The van der Waals surface area contributed by atoms with E-state index in [0.717, 1.165) is 24.2 Å². The van der Waals surface area contributed by atoms with E-state index in [1.54, 1.807) is 0 Å². The van der Waals surface area contributed by atoms with Crippen molar-refractivity contribution in [2.45, 2.75) is 26.1 Å². The van der Waals surface area contributed by atoms with E-state index >= 15 is 0 Å². The molecule has 1 heteroatoms. The highest BCUT2D eigenvalue weighted by Crippen LogP contribution is 2.33. The molecule has 0 radical (unpaired) electrons. The van der Waals surface area contributed by atoms with E-state index in [0.29, 0.717) is 6.04 Å². The van der Waals surface area contributed by atoms with Gasteiger partial charge in [0.2, 0.25) is 0 Å². The molecule has 106 valence electrons. The molecule has 1 heterocycles. The Kier molecular flexibility index (Phi) is 3.76. The Morgan fingerprint density at radius 2 is 1.67 bits per heavy atom. The maximum atomic E-state index is 4.29. The van der Waals surface area contributed by atoms with Crippen LogP contribution >= 0.6 is 0 Å². The van der Waals surface area contributed by atoms with Gasteiger partial charge in [-0.05, 0) is 34.8 Å². The Bertz CT molecular complexity index is 669. The normalized spacial score (nSPS) is 19.2. The average Bonchev–Trinajstić information content (AvgIpc) is 2.61. The third kappa shape index (κ3) is 2.70. The van der Waals surface area contributed by atoms with E-state index < -0.39 is 0 Å². The number of hydrogen-bond acceptors (Lipinski definition) is 1. The van der Waals surface area contributed by atoms with Crippen LogP contribution in [0.4, 0.5) is 0 Å². The number of fused-ring (bicyclic) bond motifs is 1. The summed E-state index contributed by atoms with van der Waals surface area (Å²) >= 11 is 0. The minimum absolute atomic E-state index is 0.296. The van der Waals surface area contributed by atoms with Crippen molar-refractivity contribution >= 4 is 5.57 Å². The summed E-state index contributed by atoms with van der Waals surface area (Å²) in [5.74, 6) is 0. The molecule has 0 saturated heterocycles. The molecule has 1 unspecified atom stereocenters. The summed E-state index contributed by atoms with van der Waals surface area (Å²) in [6, 6.07) is 19.4. The van der Waals surface area contributed by atoms with Gasteiger partial charge in [-0.1, -0.05) is 67.8 Å². The van der Waals surface area contributed by atoms with Crippen LogP contribution in [0.3, 0.4) is 0 Å². The smallest absolute Gasteiger partial charge is 0.0327 e. The Hall–Kier alpha value is -2.12. The lowest BCUT2D eigenvalue weighted by Gasteiger charge is -2.28. The maximum absolute atomic E-state index is 4.29. The van der Waals surface area contributed by atoms with Crippen LogP contribution in [0.5, 0.6) is 0 Å². The molecule has 21 heavy (non-hydrogen) atoms. The summed E-state index contributed by atoms with van der Waals surface area (Å²) in [7, 11) is 0. The quantitative estimate of drug-likeness (QED) is 0.770. The van der Waals surface area contributed by atoms with E-state index in [-0.39, 0.29) is 0 Å². The summed E-state index contributed by atoms with van der Waals surface area (Å²) < 4.78 is 0. The second-order valence-electron chi connectivity index (χ2n) is 5.73. The SMILES string of the molecule is C=C1C(=C)C(C)N(Cc2ccccc2)Cc2ccccc21. The molecular weight excluding hydrogens is 254 g/mol. The minimum atomic E-state index is 0.296. The van der Waals surface area contributed by atoms with Gasteiger partial charge in [0.15, 0.2) is 0 Å². The zero-order chi connectivity index (χ0) is 14.8. The first-order valence-corrected chi connectivity index (χ1v) is 7.41. The summed E-state index contributed by atoms with van der Waals surface area (Å²) in [6.07, 6.45) is 0. The second-order valence-corrected chi connectivity index (χ2v) is 5.73. The summed E-state index contributed by atoms with van der Waals surface area (Å²) in [5, 5.41) is 0. The Labute approximate surface area is 127 Å². The van der Waals surface area contributed by atoms with Crippen LogP contribution in [-0.4, -0.2) is 10.9 Å². The largest absolute Gasteiger partial charge is 0.288 e. The Morgan fingerprint density at radius 1 is 1.00 bits per heavy atom. The van der Waals surface area contributed by atoms with Crippen molar-refractivity contribution in [3.8, 4) is 0 Å². The average molecular weight is 275 g/mol. The fraction of sp³-hybridized carbons (Fsp3) is 0.200. The molecule has 0 N–H and O–H groups in total. The minimum Gasteiger partial charge on any atom is -0.288 e. The molecule has 0 fully saturated rings. The summed E-state index contributed by atoms with van der Waals surface area (Å²) in [4.78, 5) is 2.47. The third-order valence-electron chi connectivity index (χ3n) is 4.38. The van der Waals surface area contributed by atoms with Gasteiger partial charge >= 0.3 is 0 Å². The van der Waals surface area contributed by atoms with Crippen molar-refractivity contribution in [1.29, 1.82) is 0 Å². The van der Waals surface area contributed by atoms with Crippen LogP contribution in [0, 0.1) is 0 Å². The molecule has 0 aliphatic carbocycles. The highest BCUT2D eigenvalue weighted by atomic mass is 15.2. The number of rotatable bonds is 2. The fourth-order valence-electron chi connectivity index (χ4n) is 2.96. The first kappa shape index (κ1) is 13.8. The van der Waals surface area contributed by atoms with Gasteiger partial charge in [-0.15, -0.1) is 0 Å². The van der Waals surface area contributed by atoms with E-state index in [2.05, 4.69) is 79.6 Å². The summed E-state index contributed by atoms with van der Waals surface area (Å²) in [5.41, 5.74) is 6.11. The van der Waals surface area contributed by atoms with E-state index in [1.807, 2.05) is 0 Å². The molecule has 0 amide bonds. The highest BCUT2D eigenvalue weighted by Gasteiger charge is 2.25. The van der Waals surface area contributed by atoms with Gasteiger partial charge in [-0.2, -0.15) is 0 Å². The standard InChI is InChI=1S/C20H21N/c1-15-16(2)20-12-8-7-11-19(20)14-21(17(15)3)13-18-9-5-4-6-10-18/h4-12,17H,1-2,13-14H2,3H3. The van der Waals surface area contributed by atoms with Crippen molar-refractivity contribution in [1.82, 2.24) is 4.90 Å². The van der Waals surface area contributed by atoms with Gasteiger partial charge in [-0.3, -0.25) is 4.90 Å². The molecule has 0 aromatic heterocycles. The van der Waals surface area contributed by atoms with E-state index in [4.69, 9.17) is 0 Å². The molecule has 0 saturated carbocycles. The van der Waals surface area contributed by atoms with E-state index in [9.17, 15) is 0 Å². The van der Waals surface area contributed by atoms with Crippen LogP contribution < -0.4 is 0 Å². The van der Waals surface area contributed by atoms with Gasteiger partial charge in [0.1, 0.15) is 0 Å². The molecule has 1 aliphatic rings. The number of benzene rings is 2. The lowest BCUT2D eigenvalue weighted by Crippen LogP contribution is -2.32. The van der Waals surface area contributed by atoms with E-state index in [1.165, 1.54) is 16.7 Å². The van der Waals surface area contributed by atoms with Gasteiger partial charge in [0.05, 0.1) is 0 Å². The first-order valence-electron chi connectivity index (χ1n) is 7.41. The molecule has 3 rings (SSSR count).